The zero-order valence-electron chi connectivity index (χ0n) is 9.04. The van der Waals surface area contributed by atoms with Gasteiger partial charge in [0.2, 0.25) is 0 Å². The van der Waals surface area contributed by atoms with Crippen molar-refractivity contribution < 1.29 is 8.85 Å². The fourth-order valence-corrected chi connectivity index (χ4v) is 3.99. The summed E-state index contributed by atoms with van der Waals surface area (Å²) in [7, 11) is 1.25. The second kappa shape index (κ2) is 5.72. The van der Waals surface area contributed by atoms with Crippen molar-refractivity contribution in [3.05, 3.63) is 0 Å². The molecule has 0 radical (unpaired) electrons. The van der Waals surface area contributed by atoms with Gasteiger partial charge in [0.15, 0.2) is 0 Å². The molecule has 0 aromatic heterocycles. The van der Waals surface area contributed by atoms with Gasteiger partial charge in [0, 0.05) is 25.8 Å². The Morgan fingerprint density at radius 3 is 2.00 bits per heavy atom. The first-order chi connectivity index (χ1) is 6.01. The van der Waals surface area contributed by atoms with Crippen LogP contribution in [-0.4, -0.2) is 35.4 Å². The fraction of sp³-hybridized carbons (Fsp3) is 1.00. The van der Waals surface area contributed by atoms with Crippen LogP contribution < -0.4 is 11.5 Å². The summed E-state index contributed by atoms with van der Waals surface area (Å²) in [6.07, 6.45) is 0.863. The molecule has 0 aromatic carbocycles. The lowest BCUT2D eigenvalue weighted by molar-refractivity contribution is 0.228. The van der Waals surface area contributed by atoms with Crippen molar-refractivity contribution in [1.82, 2.24) is 0 Å². The van der Waals surface area contributed by atoms with Gasteiger partial charge in [0.1, 0.15) is 0 Å². The van der Waals surface area contributed by atoms with Crippen LogP contribution in [0.15, 0.2) is 0 Å². The van der Waals surface area contributed by atoms with Crippen LogP contribution in [0.3, 0.4) is 0 Å². The van der Waals surface area contributed by atoms with Gasteiger partial charge in [-0.15, -0.1) is 0 Å². The highest BCUT2D eigenvalue weighted by atomic mass is 28.4. The molecule has 0 heterocycles. The first-order valence-electron chi connectivity index (χ1n) is 4.57. The third-order valence-electron chi connectivity index (χ3n) is 2.60. The smallest absolute Gasteiger partial charge is 0.339 e. The van der Waals surface area contributed by atoms with E-state index < -0.39 is 8.56 Å². The largest absolute Gasteiger partial charge is 0.398 e. The predicted octanol–water partition coefficient (Wildman–Crippen LogP) is 0.417. The van der Waals surface area contributed by atoms with E-state index in [9.17, 15) is 0 Å². The van der Waals surface area contributed by atoms with Crippen LogP contribution >= 0.6 is 0 Å². The minimum atomic E-state index is -2.12. The summed E-state index contributed by atoms with van der Waals surface area (Å²) >= 11 is 0. The van der Waals surface area contributed by atoms with Crippen molar-refractivity contribution in [3.8, 4) is 0 Å². The Labute approximate surface area is 81.8 Å². The molecule has 0 aromatic rings. The molecule has 0 aliphatic heterocycles. The SMILES string of the molecule is CO[Si](C)(OC)C(CCN)C(C)N. The Bertz CT molecular complexity index is 140. The van der Waals surface area contributed by atoms with E-state index in [1.165, 1.54) is 0 Å². The van der Waals surface area contributed by atoms with Crippen LogP contribution in [0.1, 0.15) is 13.3 Å². The molecule has 0 rings (SSSR count). The molecule has 5 heteroatoms. The second-order valence-electron chi connectivity index (χ2n) is 3.47. The fourth-order valence-electron chi connectivity index (χ4n) is 1.57. The molecule has 2 atom stereocenters. The summed E-state index contributed by atoms with van der Waals surface area (Å²) in [5.41, 5.74) is 11.7. The highest BCUT2D eigenvalue weighted by Gasteiger charge is 2.40. The summed E-state index contributed by atoms with van der Waals surface area (Å²) in [6, 6.07) is 0.0696. The van der Waals surface area contributed by atoms with Crippen LogP contribution in [-0.2, 0) is 8.85 Å². The van der Waals surface area contributed by atoms with E-state index in [1.54, 1.807) is 14.2 Å². The summed E-state index contributed by atoms with van der Waals surface area (Å²) in [5.74, 6) is 0. The van der Waals surface area contributed by atoms with Crippen LogP contribution in [0.4, 0.5) is 0 Å². The lowest BCUT2D eigenvalue weighted by Gasteiger charge is -2.34. The van der Waals surface area contributed by atoms with Gasteiger partial charge < -0.3 is 20.3 Å². The average molecular weight is 206 g/mol. The molecular formula is C8H22N2O2Si. The van der Waals surface area contributed by atoms with E-state index in [4.69, 9.17) is 20.3 Å². The van der Waals surface area contributed by atoms with Gasteiger partial charge in [-0.1, -0.05) is 0 Å². The van der Waals surface area contributed by atoms with Gasteiger partial charge in [-0.05, 0) is 26.4 Å². The molecule has 4 nitrogen and oxygen atoms in total. The van der Waals surface area contributed by atoms with Crippen molar-refractivity contribution in [2.24, 2.45) is 11.5 Å². The maximum absolute atomic E-state index is 5.88. The molecule has 0 saturated heterocycles. The predicted molar refractivity (Wildman–Crippen MR) is 56.7 cm³/mol. The molecule has 80 valence electrons. The number of hydrogen-bond acceptors (Lipinski definition) is 4. The summed E-state index contributed by atoms with van der Waals surface area (Å²) < 4.78 is 10.9. The molecule has 0 amide bonds. The molecule has 0 fully saturated rings. The standard InChI is InChI=1S/C8H22N2O2Si/c1-7(10)8(5-6-9)13(4,11-2)12-3/h7-8H,5-6,9-10H2,1-4H3. The summed E-state index contributed by atoms with van der Waals surface area (Å²) in [6.45, 7) is 4.63. The van der Waals surface area contributed by atoms with Crippen molar-refractivity contribution in [2.75, 3.05) is 20.8 Å². The van der Waals surface area contributed by atoms with Crippen molar-refractivity contribution in [1.29, 1.82) is 0 Å². The minimum absolute atomic E-state index is 0.0696. The van der Waals surface area contributed by atoms with Crippen LogP contribution in [0.5, 0.6) is 0 Å². The first kappa shape index (κ1) is 13.1. The molecule has 13 heavy (non-hydrogen) atoms. The number of nitrogens with two attached hydrogens (primary N) is 2. The summed E-state index contributed by atoms with van der Waals surface area (Å²) in [5, 5.41) is 0. The Balaban J connectivity index is 4.48. The summed E-state index contributed by atoms with van der Waals surface area (Å²) in [4.78, 5) is 0. The average Bonchev–Trinajstić information content (AvgIpc) is 2.12. The van der Waals surface area contributed by atoms with Crippen molar-refractivity contribution in [2.45, 2.75) is 31.5 Å². The topological polar surface area (TPSA) is 70.5 Å². The monoisotopic (exact) mass is 206 g/mol. The molecule has 4 N–H and O–H groups in total. The Morgan fingerprint density at radius 2 is 1.77 bits per heavy atom. The van der Waals surface area contributed by atoms with E-state index in [0.29, 0.717) is 6.54 Å². The van der Waals surface area contributed by atoms with Gasteiger partial charge in [-0.3, -0.25) is 0 Å². The number of hydrogen-bond donors (Lipinski definition) is 2. The third-order valence-corrected chi connectivity index (χ3v) is 6.38. The highest BCUT2D eigenvalue weighted by Crippen LogP contribution is 2.28. The van der Waals surface area contributed by atoms with Crippen LogP contribution in [0.2, 0.25) is 12.1 Å². The highest BCUT2D eigenvalue weighted by molar-refractivity contribution is 6.67. The van der Waals surface area contributed by atoms with E-state index in [2.05, 4.69) is 0 Å². The van der Waals surface area contributed by atoms with E-state index >= 15 is 0 Å². The minimum Gasteiger partial charge on any atom is -0.398 e. The van der Waals surface area contributed by atoms with Crippen molar-refractivity contribution in [3.63, 3.8) is 0 Å². The third kappa shape index (κ3) is 3.36. The Morgan fingerprint density at radius 1 is 1.31 bits per heavy atom. The molecule has 0 spiro atoms. The van der Waals surface area contributed by atoms with E-state index in [-0.39, 0.29) is 11.6 Å². The Hall–Kier alpha value is 0.0569. The van der Waals surface area contributed by atoms with E-state index in [1.807, 2.05) is 13.5 Å². The first-order valence-corrected chi connectivity index (χ1v) is 6.97. The van der Waals surface area contributed by atoms with Gasteiger partial charge in [0.25, 0.3) is 0 Å². The van der Waals surface area contributed by atoms with Crippen LogP contribution in [0, 0.1) is 0 Å². The van der Waals surface area contributed by atoms with Gasteiger partial charge in [-0.25, -0.2) is 0 Å². The molecule has 0 aliphatic carbocycles. The van der Waals surface area contributed by atoms with Gasteiger partial charge in [0.05, 0.1) is 0 Å². The van der Waals surface area contributed by atoms with E-state index in [0.717, 1.165) is 6.42 Å². The lowest BCUT2D eigenvalue weighted by Crippen LogP contribution is -2.48. The quantitative estimate of drug-likeness (QED) is 0.618. The Kier molecular flexibility index (Phi) is 5.74. The number of rotatable bonds is 6. The molecule has 0 saturated carbocycles. The molecule has 2 unspecified atom stereocenters. The maximum atomic E-state index is 5.88. The normalized spacial score (nSPS) is 17.1. The maximum Gasteiger partial charge on any atom is 0.339 e. The zero-order valence-corrected chi connectivity index (χ0v) is 10.0. The molecule has 0 aliphatic rings. The lowest BCUT2D eigenvalue weighted by atomic mass is 10.2. The molecule has 0 bridgehead atoms. The van der Waals surface area contributed by atoms with Gasteiger partial charge in [-0.2, -0.15) is 0 Å². The zero-order chi connectivity index (χ0) is 10.5. The van der Waals surface area contributed by atoms with Gasteiger partial charge >= 0.3 is 8.56 Å². The van der Waals surface area contributed by atoms with Crippen LogP contribution in [0.25, 0.3) is 0 Å². The molecular weight excluding hydrogens is 184 g/mol. The van der Waals surface area contributed by atoms with Crippen molar-refractivity contribution >= 4 is 8.56 Å². The second-order valence-corrected chi connectivity index (χ2v) is 7.06.